The molecule has 11 nitrogen and oxygen atoms in total. The molecule has 2 aromatic heterocycles. The molecular weight excluding hydrogens is 677 g/mol. The molecular formula is C38H51ClFN5O6. The van der Waals surface area contributed by atoms with E-state index in [1.165, 1.54) is 7.11 Å². The quantitative estimate of drug-likeness (QED) is 0.229. The van der Waals surface area contributed by atoms with Crippen LogP contribution in [-0.4, -0.2) is 76.8 Å². The lowest BCUT2D eigenvalue weighted by Crippen LogP contribution is -2.51. The molecule has 1 unspecified atom stereocenters. The number of nitrogens with one attached hydrogen (secondary N) is 1. The summed E-state index contributed by atoms with van der Waals surface area (Å²) in [6.45, 7) is 10.9. The fourth-order valence-corrected chi connectivity index (χ4v) is 7.57. The third-order valence-electron chi connectivity index (χ3n) is 10.6. The molecule has 6 rings (SSSR count). The van der Waals surface area contributed by atoms with Gasteiger partial charge in [0.25, 0.3) is 0 Å². The maximum Gasteiger partial charge on any atom is 0.407 e. The molecule has 3 fully saturated rings. The molecule has 3 aromatic rings. The van der Waals surface area contributed by atoms with Crippen molar-refractivity contribution in [1.29, 1.82) is 0 Å². The minimum atomic E-state index is -1.72. The van der Waals surface area contributed by atoms with E-state index in [0.717, 1.165) is 56.4 Å². The maximum absolute atomic E-state index is 16.4. The number of alkyl halides is 1. The second-order valence-electron chi connectivity index (χ2n) is 15.6. The van der Waals surface area contributed by atoms with Crippen molar-refractivity contribution in [2.45, 2.75) is 122 Å². The molecule has 0 radical (unpaired) electrons. The number of nitrogens with zero attached hydrogens (tertiary/aromatic N) is 4. The lowest BCUT2D eigenvalue weighted by molar-refractivity contribution is -0.178. The molecule has 3 aliphatic rings. The van der Waals surface area contributed by atoms with Crippen molar-refractivity contribution in [2.24, 2.45) is 5.41 Å². The summed E-state index contributed by atoms with van der Waals surface area (Å²) in [5.41, 5.74) is 0.0650. The molecule has 51 heavy (non-hydrogen) atoms. The molecule has 2 saturated heterocycles. The van der Waals surface area contributed by atoms with Crippen LogP contribution in [0, 0.1) is 5.41 Å². The summed E-state index contributed by atoms with van der Waals surface area (Å²) in [6, 6.07) is 10.5. The summed E-state index contributed by atoms with van der Waals surface area (Å²) in [4.78, 5) is 36.8. The van der Waals surface area contributed by atoms with Gasteiger partial charge in [0.2, 0.25) is 0 Å². The van der Waals surface area contributed by atoms with Crippen LogP contribution in [0.2, 0.25) is 5.02 Å². The van der Waals surface area contributed by atoms with Gasteiger partial charge in [-0.2, -0.15) is 4.98 Å². The number of ether oxygens (including phenoxy) is 4. The Hall–Kier alpha value is -3.64. The zero-order chi connectivity index (χ0) is 36.6. The van der Waals surface area contributed by atoms with Gasteiger partial charge in [-0.25, -0.2) is 14.2 Å². The minimum Gasteiger partial charge on any atom is -0.461 e. The van der Waals surface area contributed by atoms with Crippen LogP contribution in [0.5, 0.6) is 6.01 Å². The number of benzene rings is 1. The van der Waals surface area contributed by atoms with Crippen LogP contribution in [0.25, 0.3) is 22.4 Å². The largest absolute Gasteiger partial charge is 0.461 e. The van der Waals surface area contributed by atoms with Gasteiger partial charge in [0.15, 0.2) is 5.65 Å². The molecule has 1 N–H and O–H groups in total. The number of carbonyl (C=O) groups is 2. The van der Waals surface area contributed by atoms with Gasteiger partial charge >= 0.3 is 18.1 Å². The van der Waals surface area contributed by atoms with E-state index in [1.54, 1.807) is 34.6 Å². The second kappa shape index (κ2) is 14.8. The number of aromatic nitrogens is 3. The number of hydrogen-bond donors (Lipinski definition) is 1. The van der Waals surface area contributed by atoms with E-state index >= 15 is 4.39 Å². The number of amides is 1. The van der Waals surface area contributed by atoms with Gasteiger partial charge in [-0.1, -0.05) is 23.7 Å². The first-order valence-electron chi connectivity index (χ1n) is 18.2. The fourth-order valence-electron chi connectivity index (χ4n) is 7.32. The number of carbonyl (C=O) groups excluding carboxylic acids is 2. The SMILES string of the molecule is COC(=O)NC1CCN(c2ccc(-c3nc4c(cc3Cl)nc(O[C@H]3CC[C@](F)(C(C)(C)C(=O)OC(C)(C)C)CC3)n4C3CCCCO3)cc2)CC1. The van der Waals surface area contributed by atoms with Gasteiger partial charge in [-0.3, -0.25) is 9.36 Å². The van der Waals surface area contributed by atoms with Crippen LogP contribution in [-0.2, 0) is 19.0 Å². The zero-order valence-electron chi connectivity index (χ0n) is 30.6. The summed E-state index contributed by atoms with van der Waals surface area (Å²) in [7, 11) is 1.38. The first-order chi connectivity index (χ1) is 24.2. The number of pyridine rings is 1. The third kappa shape index (κ3) is 8.06. The van der Waals surface area contributed by atoms with E-state index < -0.39 is 28.7 Å². The van der Waals surface area contributed by atoms with Gasteiger partial charge in [-0.15, -0.1) is 0 Å². The molecule has 1 aromatic carbocycles. The predicted molar refractivity (Wildman–Crippen MR) is 194 cm³/mol. The Bertz CT molecular complexity index is 1700. The number of imidazole rings is 1. The number of alkyl carbamates (subject to hydrolysis) is 1. The Kier molecular flexibility index (Phi) is 10.8. The second-order valence-corrected chi connectivity index (χ2v) is 16.0. The molecule has 1 saturated carbocycles. The first-order valence-corrected chi connectivity index (χ1v) is 18.5. The van der Waals surface area contributed by atoms with Crippen LogP contribution < -0.4 is 15.0 Å². The summed E-state index contributed by atoms with van der Waals surface area (Å²) >= 11 is 6.86. The number of halogens is 2. The van der Waals surface area contributed by atoms with Crippen molar-refractivity contribution in [3.8, 4) is 17.3 Å². The standard InChI is InChI=1S/C38H51ClFN5O6/c1-36(2,3)51-33(46)37(4,5)38(40)18-14-27(15-19-38)50-34-42-29-23-28(39)31(43-32(29)45(34)30-9-7-8-22-49-30)24-10-12-26(13-11-24)44-20-16-25(17-21-44)41-35(47)48-6/h10-13,23,25,27,30H,7-9,14-22H2,1-6H3,(H,41,47)/t27-,30?,38+. The Morgan fingerprint density at radius 2 is 1.69 bits per heavy atom. The third-order valence-corrected chi connectivity index (χ3v) is 10.9. The number of esters is 1. The van der Waals surface area contributed by atoms with Crippen LogP contribution >= 0.6 is 11.6 Å². The van der Waals surface area contributed by atoms with E-state index in [0.29, 0.717) is 47.3 Å². The molecule has 13 heteroatoms. The highest BCUT2D eigenvalue weighted by Gasteiger charge is 2.54. The van der Waals surface area contributed by atoms with Gasteiger partial charge in [0.1, 0.15) is 29.1 Å². The van der Waals surface area contributed by atoms with Crippen LogP contribution in [0.15, 0.2) is 30.3 Å². The molecule has 0 bridgehead atoms. The number of fused-ring (bicyclic) bond motifs is 1. The molecule has 1 aliphatic carbocycles. The molecule has 2 aliphatic heterocycles. The summed E-state index contributed by atoms with van der Waals surface area (Å²) in [6.07, 6.45) is 4.58. The molecule has 4 heterocycles. The molecule has 1 amide bonds. The number of rotatable bonds is 8. The first kappa shape index (κ1) is 37.1. The topological polar surface area (TPSA) is 117 Å². The van der Waals surface area contributed by atoms with Crippen molar-refractivity contribution in [2.75, 3.05) is 31.7 Å². The van der Waals surface area contributed by atoms with Gasteiger partial charge in [0.05, 0.1) is 23.2 Å². The molecule has 278 valence electrons. The number of hydrogen-bond acceptors (Lipinski definition) is 9. The average molecular weight is 728 g/mol. The summed E-state index contributed by atoms with van der Waals surface area (Å²) in [5, 5.41) is 3.36. The van der Waals surface area contributed by atoms with Crippen LogP contribution in [0.4, 0.5) is 14.9 Å². The van der Waals surface area contributed by atoms with E-state index in [9.17, 15) is 9.59 Å². The van der Waals surface area contributed by atoms with Crippen molar-refractivity contribution >= 4 is 40.5 Å². The lowest BCUT2D eigenvalue weighted by atomic mass is 9.68. The van der Waals surface area contributed by atoms with Gasteiger partial charge in [-0.05, 0) is 111 Å². The summed E-state index contributed by atoms with van der Waals surface area (Å²) < 4.78 is 41.5. The highest BCUT2D eigenvalue weighted by Crippen LogP contribution is 2.47. The highest BCUT2D eigenvalue weighted by molar-refractivity contribution is 6.33. The Labute approximate surface area is 304 Å². The highest BCUT2D eigenvalue weighted by atomic mass is 35.5. The van der Waals surface area contributed by atoms with E-state index in [2.05, 4.69) is 22.3 Å². The minimum absolute atomic E-state index is 0.0984. The summed E-state index contributed by atoms with van der Waals surface area (Å²) in [5.74, 6) is -0.531. The Morgan fingerprint density at radius 1 is 1.00 bits per heavy atom. The monoisotopic (exact) mass is 727 g/mol. The molecule has 1 atom stereocenters. The molecule has 0 spiro atoms. The maximum atomic E-state index is 16.4. The lowest BCUT2D eigenvalue weighted by Gasteiger charge is -2.43. The fraction of sp³-hybridized carbons (Fsp3) is 0.632. The number of anilines is 1. The van der Waals surface area contributed by atoms with Crippen molar-refractivity contribution in [1.82, 2.24) is 19.9 Å². The van der Waals surface area contributed by atoms with E-state index in [4.69, 9.17) is 40.5 Å². The zero-order valence-corrected chi connectivity index (χ0v) is 31.4. The van der Waals surface area contributed by atoms with E-state index in [-0.39, 0.29) is 31.2 Å². The van der Waals surface area contributed by atoms with Crippen LogP contribution in [0.1, 0.15) is 98.6 Å². The average Bonchev–Trinajstić information content (AvgIpc) is 3.45. The van der Waals surface area contributed by atoms with Gasteiger partial charge in [0, 0.05) is 37.0 Å². The smallest absolute Gasteiger partial charge is 0.407 e. The Balaban J connectivity index is 1.20. The van der Waals surface area contributed by atoms with Crippen molar-refractivity contribution < 1.29 is 32.9 Å². The predicted octanol–water partition coefficient (Wildman–Crippen LogP) is 8.17. The Morgan fingerprint density at radius 3 is 2.29 bits per heavy atom. The normalized spacial score (nSPS) is 23.6. The van der Waals surface area contributed by atoms with Crippen molar-refractivity contribution in [3.63, 3.8) is 0 Å². The van der Waals surface area contributed by atoms with Gasteiger partial charge < -0.3 is 29.2 Å². The van der Waals surface area contributed by atoms with Crippen molar-refractivity contribution in [3.05, 3.63) is 35.4 Å². The van der Waals surface area contributed by atoms with E-state index in [1.807, 2.05) is 22.8 Å². The number of methoxy groups -OCH3 is 1. The van der Waals surface area contributed by atoms with Crippen LogP contribution in [0.3, 0.4) is 0 Å². The number of piperidine rings is 1.